The predicted octanol–water partition coefficient (Wildman–Crippen LogP) is 3.34. The van der Waals surface area contributed by atoms with E-state index in [0.29, 0.717) is 5.69 Å². The number of hydrogen-bond donors (Lipinski definition) is 1. The molecule has 0 aliphatic rings. The predicted molar refractivity (Wildman–Crippen MR) is 106 cm³/mol. The number of benzene rings is 2. The molecule has 0 heterocycles. The molecular weight excluding hydrogens is 348 g/mol. The largest absolute Gasteiger partial charge is 0.348 e. The summed E-state index contributed by atoms with van der Waals surface area (Å²) in [7, 11) is -3.56. The van der Waals surface area contributed by atoms with Crippen molar-refractivity contribution in [3.63, 3.8) is 0 Å². The fourth-order valence-electron chi connectivity index (χ4n) is 2.98. The fraction of sp³-hybridized carbons (Fsp3) is 0.350. The maximum atomic E-state index is 12.6. The number of carbonyl (C=O) groups excluding carboxylic acids is 1. The maximum Gasteiger partial charge on any atom is 0.241 e. The lowest BCUT2D eigenvalue weighted by molar-refractivity contribution is -0.120. The first-order chi connectivity index (χ1) is 12.2. The Morgan fingerprint density at radius 1 is 1.12 bits per heavy atom. The van der Waals surface area contributed by atoms with Gasteiger partial charge in [-0.05, 0) is 43.5 Å². The van der Waals surface area contributed by atoms with E-state index in [1.807, 2.05) is 32.9 Å². The summed E-state index contributed by atoms with van der Waals surface area (Å²) in [4.78, 5) is 12.6. The van der Waals surface area contributed by atoms with Crippen LogP contribution in [0.25, 0.3) is 0 Å². The molecule has 140 valence electrons. The van der Waals surface area contributed by atoms with Crippen molar-refractivity contribution in [1.82, 2.24) is 5.32 Å². The summed E-state index contributed by atoms with van der Waals surface area (Å²) in [5.74, 6) is -0.328. The Bertz CT molecular complexity index is 864. The van der Waals surface area contributed by atoms with Crippen LogP contribution < -0.4 is 9.62 Å². The molecule has 0 unspecified atom stereocenters. The van der Waals surface area contributed by atoms with Crippen molar-refractivity contribution >= 4 is 21.6 Å². The van der Waals surface area contributed by atoms with E-state index in [-0.39, 0.29) is 18.5 Å². The Hall–Kier alpha value is -2.34. The Morgan fingerprint density at radius 3 is 2.31 bits per heavy atom. The van der Waals surface area contributed by atoms with E-state index in [1.165, 1.54) is 5.56 Å². The highest BCUT2D eigenvalue weighted by Gasteiger charge is 2.22. The highest BCUT2D eigenvalue weighted by molar-refractivity contribution is 7.92. The number of sulfonamides is 1. The first-order valence-corrected chi connectivity index (χ1v) is 10.5. The number of para-hydroxylation sites is 1. The summed E-state index contributed by atoms with van der Waals surface area (Å²) in [6, 6.07) is 14.6. The minimum Gasteiger partial charge on any atom is -0.348 e. The Kier molecular flexibility index (Phi) is 6.42. The third-order valence-corrected chi connectivity index (χ3v) is 5.42. The van der Waals surface area contributed by atoms with Crippen molar-refractivity contribution in [2.24, 2.45) is 0 Å². The van der Waals surface area contributed by atoms with Gasteiger partial charge in [0.05, 0.1) is 18.0 Å². The molecule has 0 aliphatic heterocycles. The van der Waals surface area contributed by atoms with Crippen LogP contribution in [-0.4, -0.2) is 27.1 Å². The van der Waals surface area contributed by atoms with Gasteiger partial charge in [-0.25, -0.2) is 8.42 Å². The van der Waals surface area contributed by atoms with Gasteiger partial charge in [-0.3, -0.25) is 9.10 Å². The summed E-state index contributed by atoms with van der Waals surface area (Å²) >= 11 is 0. The van der Waals surface area contributed by atoms with E-state index < -0.39 is 10.0 Å². The zero-order valence-electron chi connectivity index (χ0n) is 15.7. The second kappa shape index (κ2) is 8.36. The summed E-state index contributed by atoms with van der Waals surface area (Å²) in [5, 5.41) is 2.97. The molecule has 0 fully saturated rings. The first kappa shape index (κ1) is 20.0. The minimum atomic E-state index is -3.56. The van der Waals surface area contributed by atoms with E-state index >= 15 is 0 Å². The number of carbonyl (C=O) groups is 1. The molecule has 2 aromatic carbocycles. The van der Waals surface area contributed by atoms with Crippen molar-refractivity contribution in [1.29, 1.82) is 0 Å². The van der Waals surface area contributed by atoms with Gasteiger partial charge in [0.2, 0.25) is 15.9 Å². The van der Waals surface area contributed by atoms with Gasteiger partial charge in [-0.2, -0.15) is 0 Å². The monoisotopic (exact) mass is 374 g/mol. The number of nitrogens with zero attached hydrogens (tertiary/aromatic N) is 1. The summed E-state index contributed by atoms with van der Waals surface area (Å²) < 4.78 is 25.4. The molecule has 0 radical (unpaired) electrons. The van der Waals surface area contributed by atoms with Crippen LogP contribution in [0.1, 0.15) is 36.1 Å². The van der Waals surface area contributed by atoms with E-state index in [2.05, 4.69) is 11.4 Å². The van der Waals surface area contributed by atoms with Gasteiger partial charge < -0.3 is 5.32 Å². The first-order valence-electron chi connectivity index (χ1n) is 8.61. The van der Waals surface area contributed by atoms with Gasteiger partial charge in [-0.15, -0.1) is 0 Å². The molecule has 5 nitrogen and oxygen atoms in total. The van der Waals surface area contributed by atoms with E-state index in [1.54, 1.807) is 30.3 Å². The molecule has 2 aromatic rings. The van der Waals surface area contributed by atoms with Crippen molar-refractivity contribution in [2.45, 2.75) is 33.2 Å². The third-order valence-electron chi connectivity index (χ3n) is 4.28. The number of aryl methyl sites for hydroxylation is 2. The van der Waals surface area contributed by atoms with Crippen LogP contribution >= 0.6 is 0 Å². The molecule has 26 heavy (non-hydrogen) atoms. The average Bonchev–Trinajstić information content (AvgIpc) is 2.58. The van der Waals surface area contributed by atoms with Crippen LogP contribution in [0.15, 0.2) is 48.5 Å². The van der Waals surface area contributed by atoms with Crippen LogP contribution in [0.4, 0.5) is 5.69 Å². The lowest BCUT2D eigenvalue weighted by Crippen LogP contribution is -2.41. The van der Waals surface area contributed by atoms with Gasteiger partial charge in [0.1, 0.15) is 6.54 Å². The topological polar surface area (TPSA) is 66.5 Å². The molecule has 1 atom stereocenters. The number of amides is 1. The molecule has 6 heteroatoms. The Balaban J connectivity index is 2.19. The van der Waals surface area contributed by atoms with Crippen LogP contribution in [0.3, 0.4) is 0 Å². The maximum absolute atomic E-state index is 12.6. The van der Waals surface area contributed by atoms with E-state index in [0.717, 1.165) is 28.1 Å². The average molecular weight is 375 g/mol. The molecule has 0 bridgehead atoms. The molecule has 0 saturated heterocycles. The van der Waals surface area contributed by atoms with Crippen molar-refractivity contribution < 1.29 is 13.2 Å². The molecule has 0 spiro atoms. The Labute approximate surface area is 156 Å². The van der Waals surface area contributed by atoms with E-state index in [4.69, 9.17) is 0 Å². The quantitative estimate of drug-likeness (QED) is 0.808. The zero-order chi connectivity index (χ0) is 19.3. The lowest BCUT2D eigenvalue weighted by Gasteiger charge is -2.24. The highest BCUT2D eigenvalue weighted by atomic mass is 32.2. The van der Waals surface area contributed by atoms with Crippen molar-refractivity contribution in [3.8, 4) is 0 Å². The highest BCUT2D eigenvalue weighted by Crippen LogP contribution is 2.22. The summed E-state index contributed by atoms with van der Waals surface area (Å²) in [5.41, 5.74) is 3.81. The smallest absolute Gasteiger partial charge is 0.241 e. The van der Waals surface area contributed by atoms with Gasteiger partial charge in [0, 0.05) is 0 Å². The normalized spacial score (nSPS) is 12.5. The molecule has 0 aliphatic carbocycles. The van der Waals surface area contributed by atoms with E-state index in [9.17, 15) is 13.2 Å². The molecular formula is C20H26N2O3S. The standard InChI is InChI=1S/C20H26N2O3S/c1-5-19(18-12-11-15(2)13-16(18)3)21-20(23)14-22(26(4,24)25)17-9-7-6-8-10-17/h6-13,19H,5,14H2,1-4H3,(H,21,23)/t19-/m0/s1. The SMILES string of the molecule is CC[C@H](NC(=O)CN(c1ccccc1)S(C)(=O)=O)c1ccc(C)cc1C. The van der Waals surface area contributed by atoms with Gasteiger partial charge in [-0.1, -0.05) is 48.9 Å². The molecule has 2 rings (SSSR count). The van der Waals surface area contributed by atoms with Crippen molar-refractivity contribution in [2.75, 3.05) is 17.1 Å². The lowest BCUT2D eigenvalue weighted by atomic mass is 9.97. The molecule has 0 saturated carbocycles. The molecule has 1 N–H and O–H groups in total. The zero-order valence-corrected chi connectivity index (χ0v) is 16.5. The second-order valence-electron chi connectivity index (χ2n) is 6.49. The molecule has 1 amide bonds. The molecule has 0 aromatic heterocycles. The number of rotatable bonds is 7. The van der Waals surface area contributed by atoms with Crippen molar-refractivity contribution in [3.05, 3.63) is 65.2 Å². The Morgan fingerprint density at radius 2 is 1.77 bits per heavy atom. The van der Waals surface area contributed by atoms with Crippen LogP contribution in [0.2, 0.25) is 0 Å². The third kappa shape index (κ3) is 5.08. The number of hydrogen-bond acceptors (Lipinski definition) is 3. The summed E-state index contributed by atoms with van der Waals surface area (Å²) in [6.45, 7) is 5.80. The van der Waals surface area contributed by atoms with Gasteiger partial charge in [0.15, 0.2) is 0 Å². The number of anilines is 1. The number of nitrogens with one attached hydrogen (secondary N) is 1. The summed E-state index contributed by atoms with van der Waals surface area (Å²) in [6.07, 6.45) is 1.83. The second-order valence-corrected chi connectivity index (χ2v) is 8.40. The van der Waals surface area contributed by atoms with Crippen LogP contribution in [0, 0.1) is 13.8 Å². The fourth-order valence-corrected chi connectivity index (χ4v) is 3.84. The minimum absolute atomic E-state index is 0.153. The van der Waals surface area contributed by atoms with Gasteiger partial charge >= 0.3 is 0 Å². The van der Waals surface area contributed by atoms with Gasteiger partial charge in [0.25, 0.3) is 0 Å². The van der Waals surface area contributed by atoms with Crippen LogP contribution in [-0.2, 0) is 14.8 Å². The van der Waals surface area contributed by atoms with Crippen LogP contribution in [0.5, 0.6) is 0 Å².